The number of nitriles is 1. The molecule has 2 heterocycles. The van der Waals surface area contributed by atoms with Gasteiger partial charge in [-0.1, -0.05) is 42.1 Å². The van der Waals surface area contributed by atoms with E-state index in [-0.39, 0.29) is 27.9 Å². The smallest absolute Gasteiger partial charge is 0.266 e. The Morgan fingerprint density at radius 2 is 1.83 bits per heavy atom. The average molecular weight is 498 g/mol. The van der Waals surface area contributed by atoms with Gasteiger partial charge in [-0.05, 0) is 55.8 Å². The summed E-state index contributed by atoms with van der Waals surface area (Å²) >= 11 is 1.09. The van der Waals surface area contributed by atoms with Gasteiger partial charge >= 0.3 is 0 Å². The van der Waals surface area contributed by atoms with Crippen LogP contribution in [0.4, 0.5) is 4.39 Å². The molecular formula is C27H20FN5O2S. The summed E-state index contributed by atoms with van der Waals surface area (Å²) in [5.41, 5.74) is 2.27. The third kappa shape index (κ3) is 4.12. The van der Waals surface area contributed by atoms with Gasteiger partial charge in [-0.25, -0.2) is 14.4 Å². The molecule has 0 saturated carbocycles. The molecule has 7 nitrogen and oxygen atoms in total. The van der Waals surface area contributed by atoms with E-state index in [9.17, 15) is 19.6 Å². The normalized spacial score (nSPS) is 12.9. The molecule has 0 radical (unpaired) electrons. The Labute approximate surface area is 209 Å². The van der Waals surface area contributed by atoms with Crippen molar-refractivity contribution in [3.8, 4) is 11.8 Å². The molecule has 36 heavy (non-hydrogen) atoms. The van der Waals surface area contributed by atoms with Gasteiger partial charge in [0.25, 0.3) is 5.56 Å². The van der Waals surface area contributed by atoms with Gasteiger partial charge in [-0.15, -0.1) is 0 Å². The molecule has 0 spiro atoms. The maximum Gasteiger partial charge on any atom is 0.266 e. The van der Waals surface area contributed by atoms with Gasteiger partial charge in [0.2, 0.25) is 0 Å². The van der Waals surface area contributed by atoms with Crippen molar-refractivity contribution >= 4 is 39.3 Å². The molecule has 0 aliphatic rings. The summed E-state index contributed by atoms with van der Waals surface area (Å²) in [4.78, 5) is 25.6. The van der Waals surface area contributed by atoms with E-state index in [1.54, 1.807) is 56.3 Å². The lowest BCUT2D eigenvalue weighted by molar-refractivity contribution is 0.401. The second-order valence-corrected chi connectivity index (χ2v) is 9.53. The molecule has 0 saturated heterocycles. The number of hydrogen-bond donors (Lipinski definition) is 2. The van der Waals surface area contributed by atoms with Crippen LogP contribution in [0.15, 0.2) is 82.4 Å². The highest BCUT2D eigenvalue weighted by Crippen LogP contribution is 2.31. The van der Waals surface area contributed by atoms with Crippen molar-refractivity contribution in [2.24, 2.45) is 0 Å². The van der Waals surface area contributed by atoms with Crippen LogP contribution in [0.25, 0.3) is 33.2 Å². The number of nitrogens with zero attached hydrogens (tertiary/aromatic N) is 4. The topological polar surface area (TPSA) is 108 Å². The van der Waals surface area contributed by atoms with E-state index >= 15 is 0 Å². The number of aryl methyl sites for hydroxylation is 1. The van der Waals surface area contributed by atoms with Crippen LogP contribution in [0.3, 0.4) is 0 Å². The predicted octanol–water partition coefficient (Wildman–Crippen LogP) is 5.68. The van der Waals surface area contributed by atoms with Crippen LogP contribution in [-0.4, -0.2) is 29.9 Å². The van der Waals surface area contributed by atoms with E-state index in [0.717, 1.165) is 17.3 Å². The first-order valence-electron chi connectivity index (χ1n) is 11.1. The van der Waals surface area contributed by atoms with Gasteiger partial charge in [-0.3, -0.25) is 9.36 Å². The highest BCUT2D eigenvalue weighted by atomic mass is 32.2. The molecule has 0 aliphatic carbocycles. The van der Waals surface area contributed by atoms with E-state index < -0.39 is 11.1 Å². The number of allylic oxidation sites excluding steroid dienone is 1. The number of aliphatic hydroxyl groups is 1. The largest absolute Gasteiger partial charge is 0.510 e. The molecule has 2 aromatic heterocycles. The van der Waals surface area contributed by atoms with Crippen molar-refractivity contribution in [2.75, 3.05) is 0 Å². The summed E-state index contributed by atoms with van der Waals surface area (Å²) in [5, 5.41) is 20.8. The van der Waals surface area contributed by atoms with Gasteiger partial charge < -0.3 is 10.1 Å². The first-order chi connectivity index (χ1) is 17.4. The summed E-state index contributed by atoms with van der Waals surface area (Å²) < 4.78 is 15.7. The monoisotopic (exact) mass is 497 g/mol. The third-order valence-electron chi connectivity index (χ3n) is 5.82. The molecular weight excluding hydrogens is 477 g/mol. The Morgan fingerprint density at radius 1 is 1.11 bits per heavy atom. The van der Waals surface area contributed by atoms with Crippen LogP contribution in [0.2, 0.25) is 0 Å². The zero-order chi connectivity index (χ0) is 25.4. The number of benzene rings is 3. The fourth-order valence-corrected chi connectivity index (χ4v) is 4.85. The molecule has 0 bridgehead atoms. The molecule has 9 heteroatoms. The number of hydrogen-bond acceptors (Lipinski definition) is 6. The van der Waals surface area contributed by atoms with Crippen molar-refractivity contribution in [2.45, 2.75) is 24.3 Å². The number of nitrogens with one attached hydrogen (secondary N) is 1. The number of aliphatic hydroxyl groups excluding tert-OH is 1. The van der Waals surface area contributed by atoms with E-state index in [2.05, 4.69) is 15.0 Å². The van der Waals surface area contributed by atoms with Crippen molar-refractivity contribution in [3.63, 3.8) is 0 Å². The zero-order valence-corrected chi connectivity index (χ0v) is 20.2. The average Bonchev–Trinajstić information content (AvgIpc) is 3.30. The number of aromatic nitrogens is 4. The number of fused-ring (bicyclic) bond motifs is 2. The van der Waals surface area contributed by atoms with Gasteiger partial charge in [0, 0.05) is 0 Å². The Balaban J connectivity index is 1.62. The minimum Gasteiger partial charge on any atom is -0.510 e. The van der Waals surface area contributed by atoms with Crippen molar-refractivity contribution in [1.82, 2.24) is 19.5 Å². The van der Waals surface area contributed by atoms with Crippen LogP contribution in [0.1, 0.15) is 18.3 Å². The number of aromatic amines is 1. The minimum absolute atomic E-state index is 0.0118. The second kappa shape index (κ2) is 9.32. The highest BCUT2D eigenvalue weighted by molar-refractivity contribution is 8.00. The van der Waals surface area contributed by atoms with E-state index in [1.165, 1.54) is 10.6 Å². The lowest BCUT2D eigenvalue weighted by atomic mass is 10.2. The van der Waals surface area contributed by atoms with Crippen LogP contribution in [0, 0.1) is 24.1 Å². The fraction of sp³-hybridized carbons (Fsp3) is 0.111. The first kappa shape index (κ1) is 23.3. The standard InChI is InChI=1S/C27H20FN5O2S/c1-15-11-12-17(13-20(15)28)33-26(35)18-7-3-4-8-21(18)32-27(33)36-16(2)24(34)19(14-29)25-30-22-9-5-6-10-23(22)31-25/h3-13,16,34H,1-2H3,(H,30,31)/b24-19+. The van der Waals surface area contributed by atoms with Gasteiger partial charge in [-0.2, -0.15) is 5.26 Å². The summed E-state index contributed by atoms with van der Waals surface area (Å²) in [7, 11) is 0. The molecule has 178 valence electrons. The molecule has 0 aliphatic heterocycles. The number of H-pyrrole nitrogens is 1. The quantitative estimate of drug-likeness (QED) is 0.140. The van der Waals surface area contributed by atoms with E-state index in [1.807, 2.05) is 24.3 Å². The van der Waals surface area contributed by atoms with Gasteiger partial charge in [0.1, 0.15) is 23.2 Å². The van der Waals surface area contributed by atoms with Crippen LogP contribution >= 0.6 is 11.8 Å². The maximum absolute atomic E-state index is 14.4. The Morgan fingerprint density at radius 3 is 2.56 bits per heavy atom. The number of halogens is 1. The fourth-order valence-electron chi connectivity index (χ4n) is 3.86. The SMILES string of the molecule is Cc1ccc(-n2c(SC(C)/C(O)=C(/C#N)c3nc4ccccc4[nH]3)nc3ccccc3c2=O)cc1F. The molecule has 2 N–H and O–H groups in total. The van der Waals surface area contributed by atoms with Crippen molar-refractivity contribution < 1.29 is 9.50 Å². The number of thioether (sulfide) groups is 1. The Hall–Kier alpha value is -4.42. The molecule has 5 rings (SSSR count). The molecule has 1 unspecified atom stereocenters. The number of rotatable bonds is 5. The van der Waals surface area contributed by atoms with Gasteiger partial charge in [0.05, 0.1) is 32.9 Å². The lowest BCUT2D eigenvalue weighted by Crippen LogP contribution is -2.23. The maximum atomic E-state index is 14.4. The number of imidazole rings is 1. The van der Waals surface area contributed by atoms with E-state index in [0.29, 0.717) is 27.7 Å². The van der Waals surface area contributed by atoms with Crippen LogP contribution in [0.5, 0.6) is 0 Å². The lowest BCUT2D eigenvalue weighted by Gasteiger charge is -2.17. The van der Waals surface area contributed by atoms with Crippen LogP contribution < -0.4 is 5.56 Å². The van der Waals surface area contributed by atoms with Crippen molar-refractivity contribution in [3.05, 3.63) is 100 Å². The Bertz CT molecular complexity index is 1730. The summed E-state index contributed by atoms with van der Waals surface area (Å²) in [5.74, 6) is -0.422. The summed E-state index contributed by atoms with van der Waals surface area (Å²) in [6, 6.07) is 20.8. The van der Waals surface area contributed by atoms with Crippen LogP contribution in [-0.2, 0) is 0 Å². The second-order valence-electron chi connectivity index (χ2n) is 8.22. The molecule has 5 aromatic rings. The minimum atomic E-state index is -0.678. The highest BCUT2D eigenvalue weighted by Gasteiger charge is 2.22. The van der Waals surface area contributed by atoms with Gasteiger partial charge in [0.15, 0.2) is 11.0 Å². The predicted molar refractivity (Wildman–Crippen MR) is 139 cm³/mol. The zero-order valence-electron chi connectivity index (χ0n) is 19.4. The molecule has 0 amide bonds. The molecule has 0 fully saturated rings. The number of para-hydroxylation sites is 3. The molecule has 1 atom stereocenters. The summed E-state index contributed by atoms with van der Waals surface area (Å²) in [6.45, 7) is 3.34. The first-order valence-corrected chi connectivity index (χ1v) is 12.0. The third-order valence-corrected chi connectivity index (χ3v) is 6.88. The van der Waals surface area contributed by atoms with E-state index in [4.69, 9.17) is 0 Å². The molecule has 3 aromatic carbocycles. The van der Waals surface area contributed by atoms with Crippen molar-refractivity contribution in [1.29, 1.82) is 5.26 Å². The Kier molecular flexibility index (Phi) is 6.04. The summed E-state index contributed by atoms with van der Waals surface area (Å²) in [6.07, 6.45) is 0.